The van der Waals surface area contributed by atoms with E-state index in [0.29, 0.717) is 6.42 Å². The molecule has 0 radical (unpaired) electrons. The zero-order valence-electron chi connectivity index (χ0n) is 59.2. The second-order valence-corrected chi connectivity index (χ2v) is 28.9. The Morgan fingerprint density at radius 3 is 1.98 bits per heavy atom. The fourth-order valence-electron chi connectivity index (χ4n) is 13.8. The number of aromatic hydroxyl groups is 3. The number of aliphatic hydroxyl groups excluding tert-OH is 6. The highest BCUT2D eigenvalue weighted by molar-refractivity contribution is 6.32. The van der Waals surface area contributed by atoms with Gasteiger partial charge in [-0.3, -0.25) is 33.6 Å². The molecule has 0 spiro atoms. The summed E-state index contributed by atoms with van der Waals surface area (Å²) in [5, 5.41) is 138. The van der Waals surface area contributed by atoms with Crippen LogP contribution in [0.4, 0.5) is 0 Å². The summed E-state index contributed by atoms with van der Waals surface area (Å²) in [6.07, 6.45) is -22.5. The van der Waals surface area contributed by atoms with Gasteiger partial charge in [0.15, 0.2) is 47.6 Å². The molecule has 5 aromatic rings. The normalized spacial score (nSPS) is 28.6. The van der Waals surface area contributed by atoms with Crippen LogP contribution in [-0.4, -0.2) is 208 Å². The molecule has 588 valence electrons. The van der Waals surface area contributed by atoms with E-state index >= 15 is 14.4 Å². The molecule has 0 aliphatic carbocycles. The Hall–Kier alpha value is -9.37. The van der Waals surface area contributed by atoms with Gasteiger partial charge in [0.25, 0.3) is 0 Å². The maximum absolute atomic E-state index is 16.2. The van der Waals surface area contributed by atoms with Crippen molar-refractivity contribution >= 4 is 76.2 Å². The predicted octanol–water partition coefficient (Wildman–Crippen LogP) is 2.33. The van der Waals surface area contributed by atoms with Crippen LogP contribution < -0.4 is 52.3 Å². The maximum atomic E-state index is 16.2. The van der Waals surface area contributed by atoms with Gasteiger partial charge in [0.2, 0.25) is 41.6 Å². The standard InChI is InChI=1S/C73H85Cl2N7O27/c1-6-13-103-50(70(99)100)26-78-73(5)25-53(104-29(4)65(73)94)108-64-62(93)61(92)51(27-83)107-72(64)109-63-48-19-33-20-49(63)106-47-12-9-32(17-40(47)75)60(91)58-69(98)80-56(71(101)102)38-22-35(84)23-43(86)54(38)37-15-30(7-10-42(37)85)36(67(96)82-58)24-45(88)55(33)79-66(95)34(21-52(77)89)18-44(87)57(81-68(97)41(76)14-28(2)3)59(90)31-8-11-46(105-48)39(74)16-31/h7-12,15-17,19-20,22-23,28-29,34,36,41,50-51,53,55-62,64-65,72,78,83-86,90-94H,6,13-14,18,21,24-27,76H2,1-5H3,(H2,77,89)(H,79,95)(H,80,98)(H,81,97)(H,82,96)(H,99,100)(H,101,102)/t29?,34?,36?,41-,50?,51?,53?,55?,56?,57-,58+,59?,60-,61?,62?,64?,65?,72?,73?/m1/s1. The van der Waals surface area contributed by atoms with Crippen LogP contribution in [0.2, 0.25) is 10.0 Å². The fraction of sp³-hybridized carbons (Fsp3) is 0.466. The van der Waals surface area contributed by atoms with E-state index in [1.807, 2.05) is 0 Å². The zero-order valence-corrected chi connectivity index (χ0v) is 60.7. The Balaban J connectivity index is 1.21. The van der Waals surface area contributed by atoms with Gasteiger partial charge < -0.3 is 127 Å². The van der Waals surface area contributed by atoms with E-state index in [9.17, 15) is 84.9 Å². The van der Waals surface area contributed by atoms with Crippen molar-refractivity contribution in [2.75, 3.05) is 19.8 Å². The number of primary amides is 1. The van der Waals surface area contributed by atoms with E-state index in [1.165, 1.54) is 26.0 Å². The average molecular weight is 1560 g/mol. The van der Waals surface area contributed by atoms with Gasteiger partial charge in [-0.1, -0.05) is 62.2 Å². The molecule has 0 saturated carbocycles. The number of carboxylic acids is 2. The van der Waals surface area contributed by atoms with Gasteiger partial charge in [-0.2, -0.15) is 0 Å². The first-order valence-electron chi connectivity index (χ1n) is 34.8. The molecular weight excluding hydrogens is 1480 g/mol. The van der Waals surface area contributed by atoms with Crippen LogP contribution >= 0.6 is 23.2 Å². The summed E-state index contributed by atoms with van der Waals surface area (Å²) in [6, 6.07) is 3.77. The number of aliphatic hydroxyl groups is 6. The van der Waals surface area contributed by atoms with Crippen LogP contribution in [-0.2, 0) is 62.1 Å². The number of carbonyl (C=O) groups is 9. The summed E-state index contributed by atoms with van der Waals surface area (Å²) in [7, 11) is 0. The molecule has 7 aliphatic rings. The van der Waals surface area contributed by atoms with Crippen LogP contribution in [0.3, 0.4) is 0 Å². The van der Waals surface area contributed by atoms with Gasteiger partial charge in [0.05, 0.1) is 46.7 Å². The van der Waals surface area contributed by atoms with Crippen molar-refractivity contribution in [1.29, 1.82) is 0 Å². The molecule has 5 amide bonds. The predicted molar refractivity (Wildman–Crippen MR) is 379 cm³/mol. The minimum atomic E-state index is -2.28. The lowest BCUT2D eigenvalue weighted by Gasteiger charge is -2.48. The minimum absolute atomic E-state index is 0.0775. The van der Waals surface area contributed by atoms with E-state index in [-0.39, 0.29) is 59.4 Å². The first kappa shape index (κ1) is 82.1. The molecule has 7 aliphatic heterocycles. The van der Waals surface area contributed by atoms with Crippen LogP contribution in [0.25, 0.3) is 11.1 Å². The van der Waals surface area contributed by atoms with E-state index in [4.69, 9.17) is 67.8 Å². The number of nitrogens with two attached hydrogens (primary N) is 2. The number of aliphatic carboxylic acids is 2. The SMILES string of the molecule is CCCOC(CNC1(C)CC(OC2C(Oc3c4cc5cc3Oc3ccc(cc3Cl)[C@@H](O)[C@@H]3NC(=O)C(CC(=O)C5NC(=O)C(CC(N)=O)CC(=O)[C@@H](NC(=O)[C@H](N)CC(C)C)C(O)c5ccc(c(Cl)c5)O4)c4ccc(O)c(c4)-c4c(O)cc(O)cc4C(C(=O)O)NC3=O)OC(CO)C(O)C2O)OC(C)C1O)C(=O)O. The number of carbonyl (C=O) groups excluding carboxylic acids is 7. The van der Waals surface area contributed by atoms with E-state index < -0.39 is 262 Å². The molecule has 19 atom stereocenters. The molecule has 15 unspecified atom stereocenters. The van der Waals surface area contributed by atoms with Crippen LogP contribution in [0.15, 0.2) is 78.9 Å². The van der Waals surface area contributed by atoms with Crippen molar-refractivity contribution in [3.63, 3.8) is 0 Å². The molecule has 2 fully saturated rings. The number of halogens is 2. The number of ether oxygens (including phenoxy) is 7. The first-order valence-corrected chi connectivity index (χ1v) is 35.5. The number of carboxylic acid groups (broad SMARTS) is 2. The number of fused-ring (bicyclic) bond motifs is 15. The van der Waals surface area contributed by atoms with Gasteiger partial charge in [-0.05, 0) is 109 Å². The fourth-order valence-corrected chi connectivity index (χ4v) is 14.2. The molecule has 11 bridgehead atoms. The lowest BCUT2D eigenvalue weighted by Crippen LogP contribution is -2.66. The number of phenols is 3. The smallest absolute Gasteiger partial charge is 0.334 e. The Kier molecular flexibility index (Phi) is 25.8. The molecule has 36 heteroatoms. The zero-order chi connectivity index (χ0) is 79.5. The van der Waals surface area contributed by atoms with Crippen molar-refractivity contribution < 1.29 is 132 Å². The van der Waals surface area contributed by atoms with Crippen molar-refractivity contribution in [3.05, 3.63) is 117 Å². The van der Waals surface area contributed by atoms with Crippen molar-refractivity contribution in [2.24, 2.45) is 23.3 Å². The summed E-state index contributed by atoms with van der Waals surface area (Å²) < 4.78 is 44.5. The van der Waals surface area contributed by atoms with E-state index in [1.54, 1.807) is 20.8 Å². The van der Waals surface area contributed by atoms with Gasteiger partial charge in [-0.15, -0.1) is 0 Å². The number of amides is 5. The quantitative estimate of drug-likeness (QED) is 0.0564. The van der Waals surface area contributed by atoms with Gasteiger partial charge in [0.1, 0.15) is 77.4 Å². The number of ketones is 2. The average Bonchev–Trinajstić information content (AvgIpc) is 0.765. The summed E-state index contributed by atoms with van der Waals surface area (Å²) in [6.45, 7) is 7.03. The number of hydrogen-bond donors (Lipinski definition) is 18. The highest BCUT2D eigenvalue weighted by Gasteiger charge is 2.52. The summed E-state index contributed by atoms with van der Waals surface area (Å²) >= 11 is 14.2. The number of benzene rings is 5. The maximum Gasteiger partial charge on any atom is 0.334 e. The third kappa shape index (κ3) is 18.3. The third-order valence-corrected chi connectivity index (χ3v) is 20.1. The van der Waals surface area contributed by atoms with Crippen molar-refractivity contribution in [3.8, 4) is 57.1 Å². The van der Waals surface area contributed by atoms with Crippen molar-refractivity contribution in [2.45, 2.75) is 182 Å². The number of hydrogen-bond acceptors (Lipinski definition) is 27. The molecule has 2 saturated heterocycles. The highest BCUT2D eigenvalue weighted by Crippen LogP contribution is 2.50. The molecule has 109 heavy (non-hydrogen) atoms. The van der Waals surface area contributed by atoms with Crippen LogP contribution in [0.5, 0.6) is 46.0 Å². The topological polar surface area (TPSA) is 553 Å². The highest BCUT2D eigenvalue weighted by atomic mass is 35.5. The molecule has 0 aromatic heterocycles. The molecule has 5 aromatic carbocycles. The molecule has 34 nitrogen and oxygen atoms in total. The van der Waals surface area contributed by atoms with Gasteiger partial charge in [0, 0.05) is 67.1 Å². The summed E-state index contributed by atoms with van der Waals surface area (Å²) in [4.78, 5) is 130. The minimum Gasteiger partial charge on any atom is -0.508 e. The Labute approximate surface area is 631 Å². The number of Topliss-reactive ketones (excluding diaryl/α,β-unsaturated/α-hetero) is 2. The lowest BCUT2D eigenvalue weighted by atomic mass is 9.84. The molecule has 7 heterocycles. The molecular formula is C73H85Cl2N7O27. The monoisotopic (exact) mass is 1560 g/mol. The number of rotatable bonds is 19. The number of phenolic OH excluding ortho intramolecular Hbond substituents is 3. The van der Waals surface area contributed by atoms with Crippen LogP contribution in [0, 0.1) is 11.8 Å². The number of nitrogens with one attached hydrogen (secondary N) is 5. The Bertz CT molecular complexity index is 4320. The second kappa shape index (κ2) is 34.3. The van der Waals surface area contributed by atoms with Gasteiger partial charge in [-0.25, -0.2) is 9.59 Å². The second-order valence-electron chi connectivity index (χ2n) is 28.1. The Morgan fingerprint density at radius 2 is 1.39 bits per heavy atom. The lowest BCUT2D eigenvalue weighted by molar-refractivity contribution is -0.334. The third-order valence-electron chi connectivity index (χ3n) is 19.5. The van der Waals surface area contributed by atoms with Gasteiger partial charge >= 0.3 is 11.9 Å². The Morgan fingerprint density at radius 1 is 0.743 bits per heavy atom. The van der Waals surface area contributed by atoms with Crippen molar-refractivity contribution in [1.82, 2.24) is 26.6 Å². The van der Waals surface area contributed by atoms with E-state index in [0.717, 1.165) is 66.7 Å². The molecule has 20 N–H and O–H groups in total. The first-order chi connectivity index (χ1) is 51.5. The molecule has 12 rings (SSSR count). The van der Waals surface area contributed by atoms with Crippen LogP contribution in [0.1, 0.15) is 131 Å². The summed E-state index contributed by atoms with van der Waals surface area (Å²) in [5.41, 5.74) is 7.96. The largest absolute Gasteiger partial charge is 0.508 e. The van der Waals surface area contributed by atoms with E-state index in [2.05, 4.69) is 26.6 Å². The summed E-state index contributed by atoms with van der Waals surface area (Å²) in [5.74, 6) is -20.7.